The van der Waals surface area contributed by atoms with Gasteiger partial charge >= 0.3 is 0 Å². The number of nitrogens with one attached hydrogen (secondary N) is 1. The Kier molecular flexibility index (Phi) is 3.81. The zero-order chi connectivity index (χ0) is 12.7. The Bertz CT molecular complexity index is 451. The molecule has 1 N–H and O–H groups in total. The average molecular weight is 375 g/mol. The van der Waals surface area contributed by atoms with E-state index >= 15 is 0 Å². The van der Waals surface area contributed by atoms with E-state index < -0.39 is 0 Å². The molecule has 4 heteroatoms. The second kappa shape index (κ2) is 5.23. The quantitative estimate of drug-likeness (QED) is 0.856. The van der Waals surface area contributed by atoms with Gasteiger partial charge in [-0.15, -0.1) is 0 Å². The molecule has 3 rings (SSSR count). The number of hydrogen-bond donors (Lipinski definition) is 1. The molecule has 0 spiro atoms. The van der Waals surface area contributed by atoms with Crippen molar-refractivity contribution in [3.63, 3.8) is 0 Å². The van der Waals surface area contributed by atoms with Crippen molar-refractivity contribution in [2.24, 2.45) is 0 Å². The zero-order valence-electron chi connectivity index (χ0n) is 10.3. The maximum atomic E-state index is 5.89. The van der Waals surface area contributed by atoms with Gasteiger partial charge in [-0.05, 0) is 43.9 Å². The number of hydrogen-bond acceptors (Lipinski definition) is 2. The molecule has 98 valence electrons. The highest BCUT2D eigenvalue weighted by molar-refractivity contribution is 9.11. The summed E-state index contributed by atoms with van der Waals surface area (Å²) in [4.78, 5) is 0. The fraction of sp³-hybridized carbons (Fsp3) is 0.571. The Balaban J connectivity index is 1.69. The number of halogens is 2. The van der Waals surface area contributed by atoms with E-state index in [4.69, 9.17) is 4.74 Å². The zero-order valence-corrected chi connectivity index (χ0v) is 13.5. The van der Waals surface area contributed by atoms with E-state index in [1.54, 1.807) is 0 Å². The number of ether oxygens (including phenoxy) is 1. The summed E-state index contributed by atoms with van der Waals surface area (Å²) in [6.07, 6.45) is 4.58. The molecule has 2 aliphatic heterocycles. The average Bonchev–Trinajstić information content (AvgIpc) is 2.90. The van der Waals surface area contributed by atoms with E-state index in [9.17, 15) is 0 Å². The van der Waals surface area contributed by atoms with Crippen LogP contribution in [-0.4, -0.2) is 18.2 Å². The molecule has 1 aromatic carbocycles. The standard InChI is InChI=1S/C14H17Br2NO/c1-8(11-4-2-9(15)6-12(11)16)17-13-7-10-3-5-14(13)18-10/h2,4,6,8,10,13-14,17H,3,5,7H2,1H3. The van der Waals surface area contributed by atoms with Crippen molar-refractivity contribution in [3.05, 3.63) is 32.7 Å². The Morgan fingerprint density at radius 3 is 2.78 bits per heavy atom. The van der Waals surface area contributed by atoms with Gasteiger partial charge in [-0.2, -0.15) is 0 Å². The fourth-order valence-electron chi connectivity index (χ4n) is 3.08. The maximum absolute atomic E-state index is 5.89. The van der Waals surface area contributed by atoms with Crippen molar-refractivity contribution in [2.75, 3.05) is 0 Å². The summed E-state index contributed by atoms with van der Waals surface area (Å²) in [7, 11) is 0. The lowest BCUT2D eigenvalue weighted by Crippen LogP contribution is -2.39. The molecule has 0 saturated carbocycles. The van der Waals surface area contributed by atoms with Gasteiger partial charge in [0, 0.05) is 21.0 Å². The lowest BCUT2D eigenvalue weighted by molar-refractivity contribution is 0.0962. The van der Waals surface area contributed by atoms with Crippen LogP contribution in [0.2, 0.25) is 0 Å². The minimum Gasteiger partial charge on any atom is -0.373 e. The minimum atomic E-state index is 0.348. The second-order valence-electron chi connectivity index (χ2n) is 5.27. The molecule has 18 heavy (non-hydrogen) atoms. The number of fused-ring (bicyclic) bond motifs is 2. The van der Waals surface area contributed by atoms with Gasteiger partial charge in [0.1, 0.15) is 0 Å². The van der Waals surface area contributed by atoms with Gasteiger partial charge in [0.2, 0.25) is 0 Å². The van der Waals surface area contributed by atoms with Crippen LogP contribution in [0.5, 0.6) is 0 Å². The summed E-state index contributed by atoms with van der Waals surface area (Å²) >= 11 is 7.13. The highest BCUT2D eigenvalue weighted by atomic mass is 79.9. The highest BCUT2D eigenvalue weighted by Gasteiger charge is 2.41. The summed E-state index contributed by atoms with van der Waals surface area (Å²) in [5, 5.41) is 3.72. The van der Waals surface area contributed by atoms with Gasteiger partial charge in [-0.25, -0.2) is 0 Å². The smallest absolute Gasteiger partial charge is 0.0733 e. The van der Waals surface area contributed by atoms with E-state index in [1.165, 1.54) is 24.8 Å². The molecule has 0 radical (unpaired) electrons. The molecule has 2 nitrogen and oxygen atoms in total. The van der Waals surface area contributed by atoms with Gasteiger partial charge < -0.3 is 10.1 Å². The monoisotopic (exact) mass is 373 g/mol. The predicted octanol–water partition coefficient (Wildman–Crippen LogP) is 4.18. The van der Waals surface area contributed by atoms with Crippen LogP contribution >= 0.6 is 31.9 Å². The van der Waals surface area contributed by atoms with Gasteiger partial charge in [0.15, 0.2) is 0 Å². The van der Waals surface area contributed by atoms with Crippen LogP contribution < -0.4 is 5.32 Å². The maximum Gasteiger partial charge on any atom is 0.0733 e. The van der Waals surface area contributed by atoms with Crippen LogP contribution in [0.3, 0.4) is 0 Å². The third-order valence-corrected chi connectivity index (χ3v) is 5.18. The topological polar surface area (TPSA) is 21.3 Å². The molecule has 4 unspecified atom stereocenters. The van der Waals surface area contributed by atoms with Crippen LogP contribution in [0.1, 0.15) is 37.8 Å². The molecule has 0 aromatic heterocycles. The summed E-state index contributed by atoms with van der Waals surface area (Å²) < 4.78 is 8.15. The van der Waals surface area contributed by atoms with E-state index in [-0.39, 0.29) is 0 Å². The van der Waals surface area contributed by atoms with Crippen molar-refractivity contribution in [2.45, 2.75) is 50.5 Å². The van der Waals surface area contributed by atoms with Crippen LogP contribution in [0.25, 0.3) is 0 Å². The molecule has 2 aliphatic rings. The SMILES string of the molecule is CC(NC1CC2CCC1O2)c1ccc(Br)cc1Br. The van der Waals surface area contributed by atoms with Gasteiger partial charge in [-0.3, -0.25) is 0 Å². The van der Waals surface area contributed by atoms with Gasteiger partial charge in [0.25, 0.3) is 0 Å². The van der Waals surface area contributed by atoms with Crippen LogP contribution in [0.15, 0.2) is 27.1 Å². The fourth-order valence-corrected chi connectivity index (χ4v) is 4.47. The van der Waals surface area contributed by atoms with E-state index in [2.05, 4.69) is 62.3 Å². The Labute approximate surface area is 125 Å². The van der Waals surface area contributed by atoms with Crippen LogP contribution in [0.4, 0.5) is 0 Å². The molecule has 2 fully saturated rings. The Morgan fingerprint density at radius 2 is 2.17 bits per heavy atom. The summed E-state index contributed by atoms with van der Waals surface area (Å²) in [5.41, 5.74) is 1.31. The molecular weight excluding hydrogens is 358 g/mol. The lowest BCUT2D eigenvalue weighted by atomic mass is 9.94. The number of rotatable bonds is 3. The van der Waals surface area contributed by atoms with Crippen molar-refractivity contribution in [1.82, 2.24) is 5.32 Å². The predicted molar refractivity (Wildman–Crippen MR) is 79.7 cm³/mol. The largest absolute Gasteiger partial charge is 0.373 e. The third-order valence-electron chi connectivity index (χ3n) is 4.00. The Morgan fingerprint density at radius 1 is 1.33 bits per heavy atom. The first-order valence-electron chi connectivity index (χ1n) is 6.50. The molecule has 4 atom stereocenters. The summed E-state index contributed by atoms with van der Waals surface area (Å²) in [5.74, 6) is 0. The van der Waals surface area contributed by atoms with Crippen molar-refractivity contribution in [3.8, 4) is 0 Å². The first-order chi connectivity index (χ1) is 8.63. The molecule has 1 aromatic rings. The lowest BCUT2D eigenvalue weighted by Gasteiger charge is -2.25. The van der Waals surface area contributed by atoms with Crippen molar-refractivity contribution in [1.29, 1.82) is 0 Å². The molecule has 0 amide bonds. The van der Waals surface area contributed by atoms with Crippen LogP contribution in [0, 0.1) is 0 Å². The van der Waals surface area contributed by atoms with E-state index in [0.717, 1.165) is 8.95 Å². The Hall–Kier alpha value is 0.1000. The van der Waals surface area contributed by atoms with Gasteiger partial charge in [-0.1, -0.05) is 37.9 Å². The summed E-state index contributed by atoms with van der Waals surface area (Å²) in [6.45, 7) is 2.22. The first-order valence-corrected chi connectivity index (χ1v) is 8.08. The van der Waals surface area contributed by atoms with Gasteiger partial charge in [0.05, 0.1) is 12.2 Å². The van der Waals surface area contributed by atoms with E-state index in [1.807, 2.05) is 0 Å². The number of benzene rings is 1. The van der Waals surface area contributed by atoms with E-state index in [0.29, 0.717) is 24.3 Å². The normalized spacial score (nSPS) is 31.8. The molecule has 2 heterocycles. The minimum absolute atomic E-state index is 0.348. The summed E-state index contributed by atoms with van der Waals surface area (Å²) in [6, 6.07) is 7.23. The highest BCUT2D eigenvalue weighted by Crippen LogP contribution is 2.36. The molecule has 2 bridgehead atoms. The first kappa shape index (κ1) is 13.1. The van der Waals surface area contributed by atoms with Crippen molar-refractivity contribution >= 4 is 31.9 Å². The second-order valence-corrected chi connectivity index (χ2v) is 7.04. The third kappa shape index (κ3) is 2.53. The van der Waals surface area contributed by atoms with Crippen molar-refractivity contribution < 1.29 is 4.74 Å². The molecular formula is C14H17Br2NO. The molecule has 2 saturated heterocycles. The van der Waals surface area contributed by atoms with Crippen LogP contribution in [-0.2, 0) is 4.74 Å². The molecule has 0 aliphatic carbocycles.